The van der Waals surface area contributed by atoms with Crippen molar-refractivity contribution in [3.8, 4) is 0 Å². The van der Waals surface area contributed by atoms with Gasteiger partial charge in [0.2, 0.25) is 0 Å². The quantitative estimate of drug-likeness (QED) is 0.518. The Kier molecular flexibility index (Phi) is 8.58. The van der Waals surface area contributed by atoms with E-state index in [9.17, 15) is 9.59 Å². The van der Waals surface area contributed by atoms with Crippen LogP contribution in [0.5, 0.6) is 0 Å². The van der Waals surface area contributed by atoms with Gasteiger partial charge in [0.25, 0.3) is 5.91 Å². The molecule has 0 saturated carbocycles. The second-order valence-corrected chi connectivity index (χ2v) is 7.97. The van der Waals surface area contributed by atoms with Gasteiger partial charge in [-0.3, -0.25) is 4.79 Å². The van der Waals surface area contributed by atoms with Gasteiger partial charge in [-0.25, -0.2) is 4.79 Å². The summed E-state index contributed by atoms with van der Waals surface area (Å²) in [6, 6.07) is 7.30. The number of hydrogen-bond acceptors (Lipinski definition) is 2. The van der Waals surface area contributed by atoms with Crippen molar-refractivity contribution in [2.24, 2.45) is 5.92 Å². The van der Waals surface area contributed by atoms with E-state index in [1.54, 1.807) is 4.90 Å². The third-order valence-corrected chi connectivity index (χ3v) is 5.06. The molecule has 1 heterocycles. The van der Waals surface area contributed by atoms with Crippen molar-refractivity contribution in [3.05, 3.63) is 35.4 Å². The second kappa shape index (κ2) is 10.9. The van der Waals surface area contributed by atoms with E-state index in [4.69, 9.17) is 0 Å². The molecule has 1 aromatic rings. The number of carbonyl (C=O) groups is 2. The van der Waals surface area contributed by atoms with Crippen LogP contribution in [0.3, 0.4) is 0 Å². The fourth-order valence-corrected chi connectivity index (χ4v) is 3.33. The van der Waals surface area contributed by atoms with Gasteiger partial charge in [0.05, 0.1) is 19.6 Å². The van der Waals surface area contributed by atoms with E-state index < -0.39 is 0 Å². The molecule has 0 unspecified atom stereocenters. The molecule has 0 bridgehead atoms. The van der Waals surface area contributed by atoms with Crippen LogP contribution in [0.15, 0.2) is 24.3 Å². The maximum Gasteiger partial charge on any atom is 0.315 e. The average molecular weight is 376 g/mol. The van der Waals surface area contributed by atoms with Gasteiger partial charge in [-0.2, -0.15) is 0 Å². The maximum absolute atomic E-state index is 12.2. The number of likely N-dealkylation sites (tertiary alicyclic amines) is 1. The lowest BCUT2D eigenvalue weighted by molar-refractivity contribution is -0.906. The molecule has 4 N–H and O–H groups in total. The molecular formula is C21H35N4O2+. The van der Waals surface area contributed by atoms with Crippen molar-refractivity contribution in [2.45, 2.75) is 52.6 Å². The summed E-state index contributed by atoms with van der Waals surface area (Å²) in [7, 11) is 0. The number of rotatable bonds is 8. The number of amides is 3. The summed E-state index contributed by atoms with van der Waals surface area (Å²) >= 11 is 0. The second-order valence-electron chi connectivity index (χ2n) is 7.97. The summed E-state index contributed by atoms with van der Waals surface area (Å²) in [5.41, 5.74) is 1.62. The molecule has 2 rings (SSSR count). The highest BCUT2D eigenvalue weighted by molar-refractivity contribution is 5.94. The average Bonchev–Trinajstić information content (AvgIpc) is 2.64. The zero-order chi connectivity index (χ0) is 19.6. The first-order chi connectivity index (χ1) is 12.9. The number of piperidine rings is 1. The predicted octanol–water partition coefficient (Wildman–Crippen LogP) is 1.33. The Morgan fingerprint density at radius 3 is 2.41 bits per heavy atom. The fourth-order valence-electron chi connectivity index (χ4n) is 3.33. The third-order valence-electron chi connectivity index (χ3n) is 5.06. The Balaban J connectivity index is 1.65. The van der Waals surface area contributed by atoms with Gasteiger partial charge in [-0.15, -0.1) is 0 Å². The Labute approximate surface area is 163 Å². The largest absolute Gasteiger partial charge is 0.352 e. The lowest BCUT2D eigenvalue weighted by Crippen LogP contribution is -3.13. The zero-order valence-corrected chi connectivity index (χ0v) is 16.9. The highest BCUT2D eigenvalue weighted by Crippen LogP contribution is 2.07. The van der Waals surface area contributed by atoms with Crippen LogP contribution >= 0.6 is 0 Å². The minimum Gasteiger partial charge on any atom is -0.352 e. The summed E-state index contributed by atoms with van der Waals surface area (Å²) in [6.07, 6.45) is 3.66. The van der Waals surface area contributed by atoms with Crippen LogP contribution in [0.25, 0.3) is 0 Å². The van der Waals surface area contributed by atoms with E-state index in [1.807, 2.05) is 38.1 Å². The van der Waals surface area contributed by atoms with Crippen LogP contribution in [0.4, 0.5) is 4.79 Å². The molecule has 1 aliphatic rings. The summed E-state index contributed by atoms with van der Waals surface area (Å²) in [5.74, 6) is 0.838. The molecule has 0 radical (unpaired) electrons. The van der Waals surface area contributed by atoms with E-state index in [0.29, 0.717) is 12.1 Å². The van der Waals surface area contributed by atoms with Crippen molar-refractivity contribution in [1.29, 1.82) is 0 Å². The van der Waals surface area contributed by atoms with Gasteiger partial charge >= 0.3 is 6.03 Å². The Morgan fingerprint density at radius 2 is 1.78 bits per heavy atom. The van der Waals surface area contributed by atoms with Gasteiger partial charge in [0.15, 0.2) is 0 Å². The van der Waals surface area contributed by atoms with Gasteiger partial charge < -0.3 is 20.9 Å². The highest BCUT2D eigenvalue weighted by Gasteiger charge is 2.18. The van der Waals surface area contributed by atoms with E-state index >= 15 is 0 Å². The number of urea groups is 1. The first-order valence-electron chi connectivity index (χ1n) is 10.2. The number of nitrogens with one attached hydrogen (secondary N) is 4. The van der Waals surface area contributed by atoms with Crippen molar-refractivity contribution in [3.63, 3.8) is 0 Å². The van der Waals surface area contributed by atoms with E-state index in [2.05, 4.69) is 22.9 Å². The molecule has 1 saturated heterocycles. The SMILES string of the molecule is CC1CC[NH+](CCCNC(=O)c2ccc(CNC(=O)NC(C)C)cc2)CC1. The number of hydrogen-bond donors (Lipinski definition) is 4. The molecule has 1 fully saturated rings. The van der Waals surface area contributed by atoms with Gasteiger partial charge in [-0.1, -0.05) is 19.1 Å². The molecule has 1 aromatic carbocycles. The van der Waals surface area contributed by atoms with Crippen LogP contribution in [0, 0.1) is 5.92 Å². The fraction of sp³-hybridized carbons (Fsp3) is 0.619. The van der Waals surface area contributed by atoms with Crippen molar-refractivity contribution < 1.29 is 14.5 Å². The molecular weight excluding hydrogens is 340 g/mol. The molecule has 27 heavy (non-hydrogen) atoms. The van der Waals surface area contributed by atoms with E-state index in [1.165, 1.54) is 25.9 Å². The van der Waals surface area contributed by atoms with Gasteiger partial charge in [0, 0.05) is 31.1 Å². The molecule has 0 spiro atoms. The summed E-state index contributed by atoms with van der Waals surface area (Å²) in [6.45, 7) is 11.0. The molecule has 3 amide bonds. The lowest BCUT2D eigenvalue weighted by Gasteiger charge is -2.27. The number of quaternary nitrogens is 1. The smallest absolute Gasteiger partial charge is 0.315 e. The molecule has 0 atom stereocenters. The van der Waals surface area contributed by atoms with Crippen molar-refractivity contribution >= 4 is 11.9 Å². The predicted molar refractivity (Wildman–Crippen MR) is 108 cm³/mol. The molecule has 1 aliphatic heterocycles. The number of benzene rings is 1. The normalized spacial score (nSPS) is 19.6. The first kappa shape index (κ1) is 21.2. The van der Waals surface area contributed by atoms with Crippen molar-refractivity contribution in [2.75, 3.05) is 26.2 Å². The van der Waals surface area contributed by atoms with E-state index in [-0.39, 0.29) is 18.0 Å². The number of carbonyl (C=O) groups excluding carboxylic acids is 2. The standard InChI is InChI=1S/C21H34N4O2/c1-16(2)24-21(27)23-15-18-5-7-19(8-6-18)20(26)22-11-4-12-25-13-9-17(3)10-14-25/h5-8,16-17H,4,9-15H2,1-3H3,(H,22,26)(H2,23,24,27)/p+1. The topological polar surface area (TPSA) is 74.7 Å². The minimum absolute atomic E-state index is 0.0330. The Hall–Kier alpha value is -2.08. The summed E-state index contributed by atoms with van der Waals surface area (Å²) < 4.78 is 0. The van der Waals surface area contributed by atoms with Crippen LogP contribution < -0.4 is 20.9 Å². The molecule has 0 aliphatic carbocycles. The summed E-state index contributed by atoms with van der Waals surface area (Å²) in [4.78, 5) is 25.5. The van der Waals surface area contributed by atoms with E-state index in [0.717, 1.165) is 31.0 Å². The molecule has 6 nitrogen and oxygen atoms in total. The van der Waals surface area contributed by atoms with Gasteiger partial charge in [-0.05, 0) is 50.3 Å². The molecule has 150 valence electrons. The summed E-state index contributed by atoms with van der Waals surface area (Å²) in [5, 5.41) is 8.59. The van der Waals surface area contributed by atoms with Crippen LogP contribution in [-0.4, -0.2) is 44.2 Å². The lowest BCUT2D eigenvalue weighted by atomic mass is 9.99. The van der Waals surface area contributed by atoms with Crippen LogP contribution in [0.1, 0.15) is 56.0 Å². The Morgan fingerprint density at radius 1 is 1.11 bits per heavy atom. The maximum atomic E-state index is 12.2. The highest BCUT2D eigenvalue weighted by atomic mass is 16.2. The first-order valence-corrected chi connectivity index (χ1v) is 10.2. The third kappa shape index (κ3) is 7.99. The molecule has 6 heteroatoms. The van der Waals surface area contributed by atoms with Crippen LogP contribution in [-0.2, 0) is 6.54 Å². The van der Waals surface area contributed by atoms with Crippen molar-refractivity contribution in [1.82, 2.24) is 16.0 Å². The van der Waals surface area contributed by atoms with Crippen LogP contribution in [0.2, 0.25) is 0 Å². The zero-order valence-electron chi connectivity index (χ0n) is 16.9. The molecule has 0 aromatic heterocycles. The van der Waals surface area contributed by atoms with Gasteiger partial charge in [0.1, 0.15) is 0 Å². The minimum atomic E-state index is -0.183. The Bertz CT molecular complexity index is 593. The monoisotopic (exact) mass is 375 g/mol.